The summed E-state index contributed by atoms with van der Waals surface area (Å²) in [7, 11) is 0. The van der Waals surface area contributed by atoms with Gasteiger partial charge in [-0.2, -0.15) is 5.10 Å². The van der Waals surface area contributed by atoms with Crippen molar-refractivity contribution in [3.63, 3.8) is 0 Å². The van der Waals surface area contributed by atoms with E-state index in [1.807, 2.05) is 6.92 Å². The number of nitrogens with zero attached hydrogens (tertiary/aromatic N) is 3. The van der Waals surface area contributed by atoms with Crippen molar-refractivity contribution in [2.45, 2.75) is 26.8 Å². The third kappa shape index (κ3) is 3.58. The lowest BCUT2D eigenvalue weighted by atomic mass is 10.3. The normalized spacial score (nSPS) is 10.2. The number of hydrogen-bond acceptors (Lipinski definition) is 3. The Kier molecular flexibility index (Phi) is 4.68. The van der Waals surface area contributed by atoms with E-state index in [9.17, 15) is 9.59 Å². The fraction of sp³-hybridized carbons (Fsp3) is 0.545. The smallest absolute Gasteiger partial charge is 0.323 e. The second kappa shape index (κ2) is 6.03. The molecule has 1 N–H and O–H groups in total. The zero-order chi connectivity index (χ0) is 12.8. The SMILES string of the molecule is CCCn1cc(C(=O)N(CC)CC(=O)O)cn1. The Morgan fingerprint density at radius 2 is 2.18 bits per heavy atom. The molecule has 1 heterocycles. The van der Waals surface area contributed by atoms with E-state index in [0.717, 1.165) is 13.0 Å². The molecule has 1 aromatic rings. The molecule has 0 spiro atoms. The number of carbonyl (C=O) groups excluding carboxylic acids is 1. The van der Waals surface area contributed by atoms with Crippen LogP contribution < -0.4 is 0 Å². The molecule has 94 valence electrons. The highest BCUT2D eigenvalue weighted by molar-refractivity contribution is 5.95. The van der Waals surface area contributed by atoms with Crippen molar-refractivity contribution in [1.82, 2.24) is 14.7 Å². The van der Waals surface area contributed by atoms with Gasteiger partial charge in [-0.15, -0.1) is 0 Å². The quantitative estimate of drug-likeness (QED) is 0.798. The summed E-state index contributed by atoms with van der Waals surface area (Å²) in [5, 5.41) is 12.7. The summed E-state index contributed by atoms with van der Waals surface area (Å²) >= 11 is 0. The largest absolute Gasteiger partial charge is 0.480 e. The third-order valence-electron chi connectivity index (χ3n) is 2.33. The number of carbonyl (C=O) groups is 2. The van der Waals surface area contributed by atoms with Gasteiger partial charge in [-0.3, -0.25) is 14.3 Å². The van der Waals surface area contributed by atoms with Crippen LogP contribution >= 0.6 is 0 Å². The molecule has 0 fully saturated rings. The molecule has 0 saturated carbocycles. The van der Waals surface area contributed by atoms with Crippen molar-refractivity contribution < 1.29 is 14.7 Å². The number of aromatic nitrogens is 2. The molecule has 0 aromatic carbocycles. The first-order chi connectivity index (χ1) is 8.08. The first-order valence-corrected chi connectivity index (χ1v) is 5.62. The van der Waals surface area contributed by atoms with E-state index >= 15 is 0 Å². The summed E-state index contributed by atoms with van der Waals surface area (Å²) in [4.78, 5) is 23.8. The average Bonchev–Trinajstić information content (AvgIpc) is 2.74. The lowest BCUT2D eigenvalue weighted by Crippen LogP contribution is -2.35. The topological polar surface area (TPSA) is 75.4 Å². The molecule has 0 unspecified atom stereocenters. The molecule has 0 radical (unpaired) electrons. The first-order valence-electron chi connectivity index (χ1n) is 5.62. The van der Waals surface area contributed by atoms with Crippen molar-refractivity contribution in [1.29, 1.82) is 0 Å². The zero-order valence-electron chi connectivity index (χ0n) is 10.1. The minimum atomic E-state index is -1.01. The summed E-state index contributed by atoms with van der Waals surface area (Å²) in [5.41, 5.74) is 0.432. The van der Waals surface area contributed by atoms with E-state index in [1.54, 1.807) is 17.8 Å². The minimum absolute atomic E-state index is 0.283. The predicted octanol–water partition coefficient (Wildman–Crippen LogP) is 0.840. The number of aliphatic carboxylic acids is 1. The van der Waals surface area contributed by atoms with E-state index in [0.29, 0.717) is 12.1 Å². The number of rotatable bonds is 6. The van der Waals surface area contributed by atoms with Crippen LogP contribution in [0.5, 0.6) is 0 Å². The van der Waals surface area contributed by atoms with Gasteiger partial charge in [-0.1, -0.05) is 6.92 Å². The van der Waals surface area contributed by atoms with Gasteiger partial charge in [0, 0.05) is 19.3 Å². The highest BCUT2D eigenvalue weighted by Gasteiger charge is 2.18. The third-order valence-corrected chi connectivity index (χ3v) is 2.33. The second-order valence-electron chi connectivity index (χ2n) is 3.71. The Hall–Kier alpha value is -1.85. The Balaban J connectivity index is 2.75. The molecule has 0 aliphatic heterocycles. The van der Waals surface area contributed by atoms with E-state index in [-0.39, 0.29) is 12.5 Å². The fourth-order valence-electron chi connectivity index (χ4n) is 1.50. The van der Waals surface area contributed by atoms with Gasteiger partial charge in [0.2, 0.25) is 0 Å². The van der Waals surface area contributed by atoms with Crippen LogP contribution in [0.3, 0.4) is 0 Å². The van der Waals surface area contributed by atoms with Gasteiger partial charge in [-0.05, 0) is 13.3 Å². The van der Waals surface area contributed by atoms with Crippen molar-refractivity contribution in [2.24, 2.45) is 0 Å². The summed E-state index contributed by atoms with van der Waals surface area (Å²) in [5.74, 6) is -1.31. The highest BCUT2D eigenvalue weighted by Crippen LogP contribution is 2.04. The summed E-state index contributed by atoms with van der Waals surface area (Å²) in [6.45, 7) is 4.60. The van der Waals surface area contributed by atoms with Crippen LogP contribution in [0.25, 0.3) is 0 Å². The van der Waals surface area contributed by atoms with Crippen LogP contribution in [0.4, 0.5) is 0 Å². The maximum Gasteiger partial charge on any atom is 0.323 e. The van der Waals surface area contributed by atoms with Gasteiger partial charge in [0.15, 0.2) is 0 Å². The molecule has 6 heteroatoms. The summed E-state index contributed by atoms with van der Waals surface area (Å²) < 4.78 is 1.68. The number of carboxylic acid groups (broad SMARTS) is 1. The molecule has 0 atom stereocenters. The molecular formula is C11H17N3O3. The van der Waals surface area contributed by atoms with Gasteiger partial charge < -0.3 is 10.0 Å². The lowest BCUT2D eigenvalue weighted by Gasteiger charge is -2.17. The highest BCUT2D eigenvalue weighted by atomic mass is 16.4. The molecule has 1 aromatic heterocycles. The van der Waals surface area contributed by atoms with Crippen LogP contribution in [0.2, 0.25) is 0 Å². The number of amides is 1. The average molecular weight is 239 g/mol. The number of likely N-dealkylation sites (N-methyl/N-ethyl adjacent to an activating group) is 1. The maximum absolute atomic E-state index is 11.9. The lowest BCUT2D eigenvalue weighted by molar-refractivity contribution is -0.137. The maximum atomic E-state index is 11.9. The van der Waals surface area contributed by atoms with E-state index in [1.165, 1.54) is 11.1 Å². The minimum Gasteiger partial charge on any atom is -0.480 e. The van der Waals surface area contributed by atoms with Crippen LogP contribution in [0.15, 0.2) is 12.4 Å². The Labute approximate surface area is 99.8 Å². The van der Waals surface area contributed by atoms with E-state index in [4.69, 9.17) is 5.11 Å². The monoisotopic (exact) mass is 239 g/mol. The summed E-state index contributed by atoms with van der Waals surface area (Å²) in [6, 6.07) is 0. The molecular weight excluding hydrogens is 222 g/mol. The fourth-order valence-corrected chi connectivity index (χ4v) is 1.50. The predicted molar refractivity (Wildman–Crippen MR) is 61.7 cm³/mol. The number of carboxylic acids is 1. The Morgan fingerprint density at radius 1 is 1.47 bits per heavy atom. The van der Waals surface area contributed by atoms with Crippen molar-refractivity contribution in [3.8, 4) is 0 Å². The molecule has 0 bridgehead atoms. The Morgan fingerprint density at radius 3 is 2.71 bits per heavy atom. The molecule has 0 aliphatic carbocycles. The van der Waals surface area contributed by atoms with E-state index in [2.05, 4.69) is 5.10 Å². The van der Waals surface area contributed by atoms with Gasteiger partial charge in [0.25, 0.3) is 5.91 Å². The second-order valence-corrected chi connectivity index (χ2v) is 3.71. The first kappa shape index (κ1) is 13.2. The van der Waals surface area contributed by atoms with Gasteiger partial charge >= 0.3 is 5.97 Å². The van der Waals surface area contributed by atoms with Crippen LogP contribution in [-0.2, 0) is 11.3 Å². The molecule has 6 nitrogen and oxygen atoms in total. The molecule has 1 amide bonds. The number of hydrogen-bond donors (Lipinski definition) is 1. The molecule has 0 saturated heterocycles. The van der Waals surface area contributed by atoms with Crippen molar-refractivity contribution in [3.05, 3.63) is 18.0 Å². The standard InChI is InChI=1S/C11H17N3O3/c1-3-5-14-7-9(6-12-14)11(17)13(4-2)8-10(15)16/h6-7H,3-5,8H2,1-2H3,(H,15,16). The van der Waals surface area contributed by atoms with Gasteiger partial charge in [0.1, 0.15) is 6.54 Å². The van der Waals surface area contributed by atoms with Crippen molar-refractivity contribution >= 4 is 11.9 Å². The molecule has 1 rings (SSSR count). The Bertz CT molecular complexity index is 400. The van der Waals surface area contributed by atoms with Crippen LogP contribution in [-0.4, -0.2) is 44.8 Å². The van der Waals surface area contributed by atoms with Gasteiger partial charge in [0.05, 0.1) is 11.8 Å². The van der Waals surface area contributed by atoms with Crippen molar-refractivity contribution in [2.75, 3.05) is 13.1 Å². The number of aryl methyl sites for hydroxylation is 1. The zero-order valence-corrected chi connectivity index (χ0v) is 10.1. The summed E-state index contributed by atoms with van der Waals surface area (Å²) in [6.07, 6.45) is 4.06. The van der Waals surface area contributed by atoms with Crippen LogP contribution in [0, 0.1) is 0 Å². The molecule has 17 heavy (non-hydrogen) atoms. The molecule has 0 aliphatic rings. The van der Waals surface area contributed by atoms with Crippen LogP contribution in [0.1, 0.15) is 30.6 Å². The van der Waals surface area contributed by atoms with Gasteiger partial charge in [-0.25, -0.2) is 0 Å². The van der Waals surface area contributed by atoms with E-state index < -0.39 is 5.97 Å².